The number of aliphatic carboxylic acids is 1. The summed E-state index contributed by atoms with van der Waals surface area (Å²) in [4.78, 5) is 12.8. The highest BCUT2D eigenvalue weighted by molar-refractivity contribution is 7.12. The highest BCUT2D eigenvalue weighted by atomic mass is 32.1. The van der Waals surface area contributed by atoms with Crippen LogP contribution in [0.1, 0.15) is 29.5 Å². The van der Waals surface area contributed by atoms with Crippen LogP contribution in [-0.2, 0) is 4.79 Å². The lowest BCUT2D eigenvalue weighted by Crippen LogP contribution is -2.39. The smallest absolute Gasteiger partial charge is 0.336 e. The number of aliphatic hydroxyl groups is 1. The molecule has 4 heteroatoms. The molecule has 0 aliphatic carbocycles. The van der Waals surface area contributed by atoms with Gasteiger partial charge in [0.15, 0.2) is 5.60 Å². The second kappa shape index (κ2) is 3.71. The molecule has 0 saturated carbocycles. The van der Waals surface area contributed by atoms with Gasteiger partial charge in [-0.05, 0) is 26.0 Å². The van der Waals surface area contributed by atoms with Crippen LogP contribution in [0.15, 0.2) is 12.1 Å². The van der Waals surface area contributed by atoms with Crippen molar-refractivity contribution in [1.29, 1.82) is 0 Å². The van der Waals surface area contributed by atoms with E-state index in [-0.39, 0.29) is 0 Å². The fraction of sp³-hybridized carbons (Fsp3) is 0.500. The fourth-order valence-electron chi connectivity index (χ4n) is 1.15. The molecule has 1 aromatic heterocycles. The third-order valence-corrected chi connectivity index (χ3v) is 3.65. The molecule has 0 fully saturated rings. The van der Waals surface area contributed by atoms with Gasteiger partial charge in [0.05, 0.1) is 0 Å². The van der Waals surface area contributed by atoms with Crippen molar-refractivity contribution in [2.24, 2.45) is 0 Å². The Kier molecular flexibility index (Phi) is 2.97. The van der Waals surface area contributed by atoms with Crippen molar-refractivity contribution in [1.82, 2.24) is 0 Å². The van der Waals surface area contributed by atoms with Crippen LogP contribution in [0.2, 0.25) is 0 Å². The fourth-order valence-corrected chi connectivity index (χ4v) is 2.20. The summed E-state index contributed by atoms with van der Waals surface area (Å²) in [7, 11) is 0. The highest BCUT2D eigenvalue weighted by Gasteiger charge is 2.37. The van der Waals surface area contributed by atoms with Crippen LogP contribution in [0.25, 0.3) is 0 Å². The maximum absolute atomic E-state index is 10.8. The standard InChI is InChI=1S/C10H14O3S/c1-6-4-5-8(14-6)7(2)10(3,13)9(11)12/h4-5,7,13H,1-3H3,(H,11,12). The van der Waals surface area contributed by atoms with Gasteiger partial charge in [-0.2, -0.15) is 0 Å². The van der Waals surface area contributed by atoms with Gasteiger partial charge in [-0.15, -0.1) is 11.3 Å². The molecule has 1 heterocycles. The molecule has 0 amide bonds. The number of rotatable bonds is 3. The van der Waals surface area contributed by atoms with E-state index in [1.807, 2.05) is 19.1 Å². The van der Waals surface area contributed by atoms with Crippen molar-refractivity contribution < 1.29 is 15.0 Å². The van der Waals surface area contributed by atoms with Gasteiger partial charge >= 0.3 is 5.97 Å². The van der Waals surface area contributed by atoms with Crippen LogP contribution < -0.4 is 0 Å². The minimum absolute atomic E-state index is 0.390. The summed E-state index contributed by atoms with van der Waals surface area (Å²) in [5, 5.41) is 18.6. The average Bonchev–Trinajstić information content (AvgIpc) is 2.50. The van der Waals surface area contributed by atoms with Crippen molar-refractivity contribution in [2.45, 2.75) is 32.3 Å². The maximum atomic E-state index is 10.8. The summed E-state index contributed by atoms with van der Waals surface area (Å²) in [5.74, 6) is -1.57. The van der Waals surface area contributed by atoms with E-state index in [4.69, 9.17) is 5.11 Å². The molecular weight excluding hydrogens is 200 g/mol. The van der Waals surface area contributed by atoms with E-state index in [9.17, 15) is 9.90 Å². The third kappa shape index (κ3) is 1.96. The van der Waals surface area contributed by atoms with E-state index in [0.717, 1.165) is 9.75 Å². The van der Waals surface area contributed by atoms with Gasteiger partial charge < -0.3 is 10.2 Å². The predicted octanol–water partition coefficient (Wildman–Crippen LogP) is 2.00. The van der Waals surface area contributed by atoms with Gasteiger partial charge in [0.25, 0.3) is 0 Å². The van der Waals surface area contributed by atoms with Crippen molar-refractivity contribution in [3.8, 4) is 0 Å². The van der Waals surface area contributed by atoms with Crippen LogP contribution in [0.4, 0.5) is 0 Å². The molecule has 0 aliphatic rings. The van der Waals surface area contributed by atoms with Crippen LogP contribution in [-0.4, -0.2) is 21.8 Å². The second-order valence-electron chi connectivity index (χ2n) is 3.62. The molecule has 0 aliphatic heterocycles. The van der Waals surface area contributed by atoms with Crippen LogP contribution >= 0.6 is 11.3 Å². The zero-order chi connectivity index (χ0) is 10.9. The average molecular weight is 214 g/mol. The Labute approximate surface area is 87.0 Å². The zero-order valence-corrected chi connectivity index (χ0v) is 9.26. The SMILES string of the molecule is Cc1ccc(C(C)C(C)(O)C(=O)O)s1. The molecule has 1 rings (SSSR count). The van der Waals surface area contributed by atoms with Gasteiger partial charge in [-0.25, -0.2) is 4.79 Å². The number of carbonyl (C=O) groups is 1. The van der Waals surface area contributed by atoms with E-state index in [2.05, 4.69) is 0 Å². The lowest BCUT2D eigenvalue weighted by Gasteiger charge is -2.24. The lowest BCUT2D eigenvalue weighted by atomic mass is 9.90. The largest absolute Gasteiger partial charge is 0.479 e. The minimum atomic E-state index is -1.70. The first-order valence-corrected chi connectivity index (χ1v) is 5.19. The number of hydrogen-bond acceptors (Lipinski definition) is 3. The first kappa shape index (κ1) is 11.2. The summed E-state index contributed by atoms with van der Waals surface area (Å²) >= 11 is 1.52. The molecule has 0 saturated heterocycles. The molecule has 0 aromatic carbocycles. The summed E-state index contributed by atoms with van der Waals surface area (Å²) in [6.45, 7) is 5.00. The number of carboxylic acid groups (broad SMARTS) is 1. The van der Waals surface area contributed by atoms with Gasteiger partial charge in [0.2, 0.25) is 0 Å². The lowest BCUT2D eigenvalue weighted by molar-refractivity contribution is -0.158. The quantitative estimate of drug-likeness (QED) is 0.809. The third-order valence-electron chi connectivity index (χ3n) is 2.46. The summed E-state index contributed by atoms with van der Waals surface area (Å²) < 4.78 is 0. The molecule has 0 radical (unpaired) electrons. The molecule has 2 unspecified atom stereocenters. The van der Waals surface area contributed by atoms with E-state index in [0.29, 0.717) is 0 Å². The summed E-state index contributed by atoms with van der Waals surface area (Å²) in [5.41, 5.74) is -1.70. The molecule has 0 spiro atoms. The first-order valence-electron chi connectivity index (χ1n) is 4.37. The summed E-state index contributed by atoms with van der Waals surface area (Å²) in [6.07, 6.45) is 0. The maximum Gasteiger partial charge on any atom is 0.336 e. The van der Waals surface area contributed by atoms with Crippen molar-refractivity contribution >= 4 is 17.3 Å². The minimum Gasteiger partial charge on any atom is -0.479 e. The van der Waals surface area contributed by atoms with Gasteiger partial charge in [-0.1, -0.05) is 6.92 Å². The Balaban J connectivity index is 2.95. The number of carboxylic acids is 1. The Morgan fingerprint density at radius 2 is 2.14 bits per heavy atom. The number of hydrogen-bond donors (Lipinski definition) is 2. The van der Waals surface area contributed by atoms with E-state index in [1.165, 1.54) is 18.3 Å². The molecule has 78 valence electrons. The molecule has 2 atom stereocenters. The Bertz CT molecular complexity index is 341. The molecule has 14 heavy (non-hydrogen) atoms. The molecule has 1 aromatic rings. The van der Waals surface area contributed by atoms with Crippen molar-refractivity contribution in [3.05, 3.63) is 21.9 Å². The van der Waals surface area contributed by atoms with Gasteiger partial charge in [0, 0.05) is 15.7 Å². The number of aryl methyl sites for hydroxylation is 1. The van der Waals surface area contributed by atoms with Crippen LogP contribution in [0.5, 0.6) is 0 Å². The van der Waals surface area contributed by atoms with E-state index >= 15 is 0 Å². The Hall–Kier alpha value is -0.870. The predicted molar refractivity (Wildman–Crippen MR) is 55.7 cm³/mol. The molecule has 3 nitrogen and oxygen atoms in total. The van der Waals surface area contributed by atoms with Gasteiger partial charge in [-0.3, -0.25) is 0 Å². The highest BCUT2D eigenvalue weighted by Crippen LogP contribution is 2.32. The number of thiophene rings is 1. The monoisotopic (exact) mass is 214 g/mol. The van der Waals surface area contributed by atoms with Crippen molar-refractivity contribution in [3.63, 3.8) is 0 Å². The van der Waals surface area contributed by atoms with E-state index < -0.39 is 17.5 Å². The zero-order valence-electron chi connectivity index (χ0n) is 8.44. The Morgan fingerprint density at radius 1 is 1.57 bits per heavy atom. The van der Waals surface area contributed by atoms with E-state index in [1.54, 1.807) is 6.92 Å². The topological polar surface area (TPSA) is 57.5 Å². The Morgan fingerprint density at radius 3 is 2.50 bits per heavy atom. The first-order chi connectivity index (χ1) is 6.35. The van der Waals surface area contributed by atoms with Crippen LogP contribution in [0.3, 0.4) is 0 Å². The summed E-state index contributed by atoms with van der Waals surface area (Å²) in [6, 6.07) is 3.79. The van der Waals surface area contributed by atoms with Gasteiger partial charge in [0.1, 0.15) is 0 Å². The molecule has 0 bridgehead atoms. The molecule has 2 N–H and O–H groups in total. The van der Waals surface area contributed by atoms with Crippen LogP contribution in [0, 0.1) is 6.92 Å². The normalized spacial score (nSPS) is 17.4. The second-order valence-corrected chi connectivity index (χ2v) is 4.94. The van der Waals surface area contributed by atoms with Crippen molar-refractivity contribution in [2.75, 3.05) is 0 Å². The molecular formula is C10H14O3S.